The minimum Gasteiger partial charge on any atom is -0.356 e. The summed E-state index contributed by atoms with van der Waals surface area (Å²) < 4.78 is 36.3. The lowest BCUT2D eigenvalue weighted by Gasteiger charge is -2.15. The van der Waals surface area contributed by atoms with E-state index < -0.39 is 9.84 Å². The van der Waals surface area contributed by atoms with Gasteiger partial charge in [0.15, 0.2) is 15.8 Å². The summed E-state index contributed by atoms with van der Waals surface area (Å²) in [6, 6.07) is 6.57. The van der Waals surface area contributed by atoms with Crippen LogP contribution >= 0.6 is 35.7 Å². The smallest absolute Gasteiger partial charge is 0.191 e. The van der Waals surface area contributed by atoms with Crippen LogP contribution in [0.25, 0.3) is 0 Å². The van der Waals surface area contributed by atoms with Crippen LogP contribution < -0.4 is 10.6 Å². The molecule has 1 aromatic rings. The number of hydrogen-bond acceptors (Lipinski definition) is 4. The molecule has 1 fully saturated rings. The Balaban J connectivity index is 0.00000264. The molecule has 23 heavy (non-hydrogen) atoms. The third-order valence-electron chi connectivity index (χ3n) is 3.29. The average molecular weight is 473 g/mol. The maximum absolute atomic E-state index is 13.5. The molecule has 0 saturated carbocycles. The summed E-state index contributed by atoms with van der Waals surface area (Å²) in [4.78, 5) is 4.70. The fourth-order valence-corrected chi connectivity index (χ4v) is 4.67. The van der Waals surface area contributed by atoms with Crippen molar-refractivity contribution in [2.24, 2.45) is 4.99 Å². The normalized spacial score (nSPS) is 19.9. The summed E-state index contributed by atoms with van der Waals surface area (Å²) in [5.41, 5.74) is 0. The van der Waals surface area contributed by atoms with Crippen molar-refractivity contribution in [3.05, 3.63) is 30.1 Å². The summed E-state index contributed by atoms with van der Waals surface area (Å²) in [5, 5.41) is 6.22. The van der Waals surface area contributed by atoms with Crippen molar-refractivity contribution in [1.82, 2.24) is 10.6 Å². The SMILES string of the molecule is CN=C(NCCSc1ccccc1F)NC1CCS(=O)(=O)C1.I. The van der Waals surface area contributed by atoms with Gasteiger partial charge in [-0.05, 0) is 18.6 Å². The third-order valence-corrected chi connectivity index (χ3v) is 6.10. The zero-order valence-electron chi connectivity index (χ0n) is 12.8. The van der Waals surface area contributed by atoms with Gasteiger partial charge >= 0.3 is 0 Å². The Morgan fingerprint density at radius 2 is 2.17 bits per heavy atom. The molecule has 2 rings (SSSR count). The van der Waals surface area contributed by atoms with Crippen molar-refractivity contribution >= 4 is 51.5 Å². The predicted molar refractivity (Wildman–Crippen MR) is 104 cm³/mol. The summed E-state index contributed by atoms with van der Waals surface area (Å²) >= 11 is 1.43. The second kappa shape index (κ2) is 9.67. The van der Waals surface area contributed by atoms with E-state index in [1.54, 1.807) is 25.2 Å². The second-order valence-corrected chi connectivity index (χ2v) is 8.39. The standard InChI is InChI=1S/C14H20FN3O2S2.HI/c1-16-14(18-11-6-9-22(19,20)10-11)17-7-8-21-13-5-3-2-4-12(13)15;/h2-5,11H,6-10H2,1H3,(H2,16,17,18);1H. The van der Waals surface area contributed by atoms with E-state index >= 15 is 0 Å². The quantitative estimate of drug-likeness (QED) is 0.225. The lowest BCUT2D eigenvalue weighted by molar-refractivity contribution is 0.599. The van der Waals surface area contributed by atoms with Crippen molar-refractivity contribution in [3.8, 4) is 0 Å². The highest BCUT2D eigenvalue weighted by Gasteiger charge is 2.28. The minimum absolute atomic E-state index is 0. The molecule has 0 spiro atoms. The van der Waals surface area contributed by atoms with Crippen LogP contribution in [0.2, 0.25) is 0 Å². The van der Waals surface area contributed by atoms with Gasteiger partial charge in [0.2, 0.25) is 0 Å². The molecule has 0 bridgehead atoms. The van der Waals surface area contributed by atoms with Gasteiger partial charge in [0.05, 0.1) is 11.5 Å². The number of thioether (sulfide) groups is 1. The number of halogens is 2. The molecule has 1 aromatic carbocycles. The van der Waals surface area contributed by atoms with E-state index in [4.69, 9.17) is 0 Å². The van der Waals surface area contributed by atoms with Crippen LogP contribution in [0.1, 0.15) is 6.42 Å². The number of hydrogen-bond donors (Lipinski definition) is 2. The van der Waals surface area contributed by atoms with Gasteiger partial charge in [-0.2, -0.15) is 0 Å². The van der Waals surface area contributed by atoms with Gasteiger partial charge in [-0.1, -0.05) is 12.1 Å². The minimum atomic E-state index is -2.91. The highest BCUT2D eigenvalue weighted by molar-refractivity contribution is 14.0. The van der Waals surface area contributed by atoms with Crippen molar-refractivity contribution < 1.29 is 12.8 Å². The largest absolute Gasteiger partial charge is 0.356 e. The molecule has 1 atom stereocenters. The highest BCUT2D eigenvalue weighted by atomic mass is 127. The van der Waals surface area contributed by atoms with Gasteiger partial charge < -0.3 is 10.6 Å². The summed E-state index contributed by atoms with van der Waals surface area (Å²) in [6.07, 6.45) is 0.604. The Kier molecular flexibility index (Phi) is 8.62. The van der Waals surface area contributed by atoms with E-state index in [0.29, 0.717) is 29.6 Å². The van der Waals surface area contributed by atoms with Crippen molar-refractivity contribution in [3.63, 3.8) is 0 Å². The molecule has 2 N–H and O–H groups in total. The highest BCUT2D eigenvalue weighted by Crippen LogP contribution is 2.20. The van der Waals surface area contributed by atoms with E-state index in [1.165, 1.54) is 17.8 Å². The number of sulfone groups is 1. The third kappa shape index (κ3) is 6.84. The summed E-state index contributed by atoms with van der Waals surface area (Å²) in [5.74, 6) is 1.43. The Bertz CT molecular complexity index is 641. The van der Waals surface area contributed by atoms with Gasteiger partial charge in [0.1, 0.15) is 5.82 Å². The first-order valence-corrected chi connectivity index (χ1v) is 9.86. The number of guanidine groups is 1. The lowest BCUT2D eigenvalue weighted by Crippen LogP contribution is -2.44. The molecule has 5 nitrogen and oxygen atoms in total. The van der Waals surface area contributed by atoms with Gasteiger partial charge in [-0.25, -0.2) is 12.8 Å². The van der Waals surface area contributed by atoms with E-state index in [9.17, 15) is 12.8 Å². The Hall–Kier alpha value is -0.550. The molecular formula is C14H21FIN3O2S2. The first kappa shape index (κ1) is 20.5. The molecule has 0 aliphatic carbocycles. The predicted octanol–water partition coefficient (Wildman–Crippen LogP) is 1.89. The van der Waals surface area contributed by atoms with Gasteiger partial charge in [-0.3, -0.25) is 4.99 Å². The van der Waals surface area contributed by atoms with Crippen LogP contribution in [0, 0.1) is 5.82 Å². The topological polar surface area (TPSA) is 70.6 Å². The number of benzene rings is 1. The first-order valence-electron chi connectivity index (χ1n) is 7.05. The molecule has 1 aliphatic heterocycles. The van der Waals surface area contributed by atoms with Crippen LogP contribution in [0.15, 0.2) is 34.2 Å². The first-order chi connectivity index (χ1) is 10.5. The van der Waals surface area contributed by atoms with Crippen LogP contribution in [-0.4, -0.2) is 51.3 Å². The number of rotatable bonds is 5. The van der Waals surface area contributed by atoms with Crippen molar-refractivity contribution in [2.45, 2.75) is 17.4 Å². The Morgan fingerprint density at radius 3 is 2.78 bits per heavy atom. The van der Waals surface area contributed by atoms with E-state index in [-0.39, 0.29) is 47.3 Å². The van der Waals surface area contributed by atoms with E-state index in [2.05, 4.69) is 15.6 Å². The summed E-state index contributed by atoms with van der Waals surface area (Å²) in [7, 11) is -1.26. The molecule has 1 heterocycles. The zero-order valence-corrected chi connectivity index (χ0v) is 16.8. The molecule has 0 radical (unpaired) electrons. The molecule has 1 unspecified atom stereocenters. The zero-order chi connectivity index (χ0) is 16.0. The Labute approximate surface area is 157 Å². The van der Waals surface area contributed by atoms with Gasteiger partial charge in [0, 0.05) is 30.3 Å². The molecule has 130 valence electrons. The number of nitrogens with one attached hydrogen (secondary N) is 2. The Morgan fingerprint density at radius 1 is 1.43 bits per heavy atom. The van der Waals surface area contributed by atoms with Gasteiger partial charge in [0.25, 0.3) is 0 Å². The maximum Gasteiger partial charge on any atom is 0.191 e. The number of aliphatic imine (C=N–C) groups is 1. The van der Waals surface area contributed by atoms with Crippen LogP contribution in [0.3, 0.4) is 0 Å². The molecule has 9 heteroatoms. The van der Waals surface area contributed by atoms with Crippen molar-refractivity contribution in [2.75, 3.05) is 30.9 Å². The fourth-order valence-electron chi connectivity index (χ4n) is 2.19. The van der Waals surface area contributed by atoms with Crippen LogP contribution in [0.4, 0.5) is 4.39 Å². The molecule has 1 aliphatic rings. The van der Waals surface area contributed by atoms with Crippen molar-refractivity contribution in [1.29, 1.82) is 0 Å². The lowest BCUT2D eigenvalue weighted by atomic mass is 10.3. The van der Waals surface area contributed by atoms with Crippen LogP contribution in [0.5, 0.6) is 0 Å². The number of nitrogens with zero attached hydrogens (tertiary/aromatic N) is 1. The monoisotopic (exact) mass is 473 g/mol. The maximum atomic E-state index is 13.5. The molecule has 1 saturated heterocycles. The fraction of sp³-hybridized carbons (Fsp3) is 0.500. The molecular weight excluding hydrogens is 452 g/mol. The van der Waals surface area contributed by atoms with E-state index in [1.807, 2.05) is 0 Å². The molecule has 0 amide bonds. The van der Waals surface area contributed by atoms with Gasteiger partial charge in [-0.15, -0.1) is 35.7 Å². The summed E-state index contributed by atoms with van der Waals surface area (Å²) in [6.45, 7) is 0.609. The molecule has 0 aromatic heterocycles. The van der Waals surface area contributed by atoms with E-state index in [0.717, 1.165) is 0 Å². The average Bonchev–Trinajstić information content (AvgIpc) is 2.83. The second-order valence-electron chi connectivity index (χ2n) is 5.02. The van der Waals surface area contributed by atoms with Crippen LogP contribution in [-0.2, 0) is 9.84 Å².